The molecule has 1 atom stereocenters. The minimum absolute atomic E-state index is 0.0365. The van der Waals surface area contributed by atoms with Crippen molar-refractivity contribution in [1.82, 2.24) is 5.32 Å². The van der Waals surface area contributed by atoms with Crippen LogP contribution in [0.4, 0.5) is 0 Å². The first kappa shape index (κ1) is 16.9. The number of carbonyl (C=O) groups is 1. The number of carbonyl (C=O) groups excluding carboxylic acids is 1. The van der Waals surface area contributed by atoms with Crippen molar-refractivity contribution in [2.24, 2.45) is 0 Å². The first-order chi connectivity index (χ1) is 10.5. The van der Waals surface area contributed by atoms with E-state index in [0.717, 1.165) is 19.4 Å². The van der Waals surface area contributed by atoms with Gasteiger partial charge in [0, 0.05) is 18.7 Å². The van der Waals surface area contributed by atoms with Crippen molar-refractivity contribution in [2.45, 2.75) is 38.9 Å². The maximum atomic E-state index is 12.2. The summed E-state index contributed by atoms with van der Waals surface area (Å²) >= 11 is 6.22. The highest BCUT2D eigenvalue weighted by Crippen LogP contribution is 2.37. The molecule has 122 valence electrons. The van der Waals surface area contributed by atoms with E-state index in [1.165, 1.54) is 7.11 Å². The molecule has 22 heavy (non-hydrogen) atoms. The van der Waals surface area contributed by atoms with E-state index >= 15 is 0 Å². The maximum Gasteiger partial charge on any atom is 0.251 e. The largest absolute Gasteiger partial charge is 0.493 e. The van der Waals surface area contributed by atoms with Crippen LogP contribution in [0.25, 0.3) is 0 Å². The summed E-state index contributed by atoms with van der Waals surface area (Å²) in [6.07, 6.45) is 2.09. The number of amides is 1. The van der Waals surface area contributed by atoms with E-state index in [9.17, 15) is 4.79 Å². The molecule has 1 aliphatic heterocycles. The Balaban J connectivity index is 2.09. The normalized spacial score (nSPS) is 17.6. The molecule has 0 radical (unpaired) electrons. The molecule has 1 unspecified atom stereocenters. The molecule has 1 amide bonds. The van der Waals surface area contributed by atoms with Crippen LogP contribution >= 0.6 is 11.6 Å². The van der Waals surface area contributed by atoms with Crippen molar-refractivity contribution < 1.29 is 19.0 Å². The van der Waals surface area contributed by atoms with Crippen LogP contribution in [0.3, 0.4) is 0 Å². The quantitative estimate of drug-likeness (QED) is 0.872. The maximum absolute atomic E-state index is 12.2. The van der Waals surface area contributed by atoms with Crippen LogP contribution in [0.2, 0.25) is 5.02 Å². The van der Waals surface area contributed by atoms with Crippen molar-refractivity contribution in [3.63, 3.8) is 0 Å². The highest BCUT2D eigenvalue weighted by Gasteiger charge is 2.19. The predicted octanol–water partition coefficient (Wildman–Crippen LogP) is 3.04. The smallest absolute Gasteiger partial charge is 0.251 e. The Bertz CT molecular complexity index is 527. The zero-order valence-corrected chi connectivity index (χ0v) is 13.9. The van der Waals surface area contributed by atoms with Crippen LogP contribution in [0, 0.1) is 0 Å². The van der Waals surface area contributed by atoms with Gasteiger partial charge < -0.3 is 19.5 Å². The summed E-state index contributed by atoms with van der Waals surface area (Å²) in [6.45, 7) is 5.07. The van der Waals surface area contributed by atoms with Gasteiger partial charge in [-0.15, -0.1) is 0 Å². The number of benzene rings is 1. The zero-order chi connectivity index (χ0) is 16.1. The Morgan fingerprint density at radius 1 is 1.50 bits per heavy atom. The monoisotopic (exact) mass is 327 g/mol. The second-order valence-electron chi connectivity index (χ2n) is 5.50. The van der Waals surface area contributed by atoms with E-state index in [-0.39, 0.29) is 18.1 Å². The Hall–Kier alpha value is -1.46. The van der Waals surface area contributed by atoms with E-state index in [0.29, 0.717) is 28.6 Å². The van der Waals surface area contributed by atoms with Crippen molar-refractivity contribution >= 4 is 17.5 Å². The van der Waals surface area contributed by atoms with Crippen molar-refractivity contribution in [1.29, 1.82) is 0 Å². The molecular weight excluding hydrogens is 306 g/mol. The SMILES string of the molecule is COc1cc(C(=O)NCC2CCCO2)cc(Cl)c1OC(C)C. The lowest BCUT2D eigenvalue weighted by Crippen LogP contribution is -2.31. The average Bonchev–Trinajstić information content (AvgIpc) is 2.99. The molecule has 0 aromatic heterocycles. The van der Waals surface area contributed by atoms with Gasteiger partial charge >= 0.3 is 0 Å². The van der Waals surface area contributed by atoms with Gasteiger partial charge in [-0.2, -0.15) is 0 Å². The van der Waals surface area contributed by atoms with Gasteiger partial charge in [-0.3, -0.25) is 4.79 Å². The molecule has 0 saturated carbocycles. The van der Waals surface area contributed by atoms with Gasteiger partial charge in [0.05, 0.1) is 24.3 Å². The van der Waals surface area contributed by atoms with Gasteiger partial charge in [0.25, 0.3) is 5.91 Å². The number of hydrogen-bond acceptors (Lipinski definition) is 4. The highest BCUT2D eigenvalue weighted by atomic mass is 35.5. The van der Waals surface area contributed by atoms with E-state index in [1.807, 2.05) is 13.8 Å². The molecule has 1 aliphatic rings. The Labute approximate surface area is 135 Å². The van der Waals surface area contributed by atoms with E-state index in [4.69, 9.17) is 25.8 Å². The first-order valence-electron chi connectivity index (χ1n) is 7.45. The summed E-state index contributed by atoms with van der Waals surface area (Å²) < 4.78 is 16.4. The molecule has 1 heterocycles. The van der Waals surface area contributed by atoms with Crippen LogP contribution < -0.4 is 14.8 Å². The van der Waals surface area contributed by atoms with Crippen LogP contribution in [0.5, 0.6) is 11.5 Å². The third-order valence-electron chi connectivity index (χ3n) is 3.36. The molecule has 1 saturated heterocycles. The highest BCUT2D eigenvalue weighted by molar-refractivity contribution is 6.32. The summed E-state index contributed by atoms with van der Waals surface area (Å²) in [5.41, 5.74) is 0.441. The fraction of sp³-hybridized carbons (Fsp3) is 0.562. The van der Waals surface area contributed by atoms with E-state index in [1.54, 1.807) is 12.1 Å². The minimum Gasteiger partial charge on any atom is -0.493 e. The van der Waals surface area contributed by atoms with E-state index < -0.39 is 0 Å². The van der Waals surface area contributed by atoms with Gasteiger partial charge in [-0.25, -0.2) is 0 Å². The molecule has 1 aromatic carbocycles. The standard InChI is InChI=1S/C16H22ClNO4/c1-10(2)22-15-13(17)7-11(8-14(15)20-3)16(19)18-9-12-5-4-6-21-12/h7-8,10,12H,4-6,9H2,1-3H3,(H,18,19). The fourth-order valence-electron chi connectivity index (χ4n) is 2.31. The summed E-state index contributed by atoms with van der Waals surface area (Å²) in [5.74, 6) is 0.699. The average molecular weight is 328 g/mol. The molecule has 2 rings (SSSR count). The Kier molecular flexibility index (Phi) is 5.91. The summed E-state index contributed by atoms with van der Waals surface area (Å²) in [5, 5.41) is 3.22. The van der Waals surface area contributed by atoms with Crippen LogP contribution in [-0.2, 0) is 4.74 Å². The van der Waals surface area contributed by atoms with Gasteiger partial charge in [0.1, 0.15) is 0 Å². The molecule has 1 N–H and O–H groups in total. The molecule has 6 heteroatoms. The lowest BCUT2D eigenvalue weighted by molar-refractivity contribution is 0.0857. The molecule has 0 aliphatic carbocycles. The van der Waals surface area contributed by atoms with Crippen molar-refractivity contribution in [3.05, 3.63) is 22.7 Å². The summed E-state index contributed by atoms with van der Waals surface area (Å²) in [7, 11) is 1.52. The third-order valence-corrected chi connectivity index (χ3v) is 3.64. The van der Waals surface area contributed by atoms with Gasteiger partial charge in [0.15, 0.2) is 11.5 Å². The number of rotatable bonds is 6. The Morgan fingerprint density at radius 2 is 2.27 bits per heavy atom. The second-order valence-corrected chi connectivity index (χ2v) is 5.91. The molecule has 0 bridgehead atoms. The summed E-state index contributed by atoms with van der Waals surface area (Å²) in [4.78, 5) is 12.2. The third kappa shape index (κ3) is 4.27. The number of methoxy groups -OCH3 is 1. The number of hydrogen-bond donors (Lipinski definition) is 1. The van der Waals surface area contributed by atoms with Crippen LogP contribution in [0.15, 0.2) is 12.1 Å². The number of halogens is 1. The Morgan fingerprint density at radius 3 is 2.86 bits per heavy atom. The molecule has 0 spiro atoms. The van der Waals surface area contributed by atoms with Gasteiger partial charge in [0.2, 0.25) is 0 Å². The first-order valence-corrected chi connectivity index (χ1v) is 7.83. The number of nitrogens with one attached hydrogen (secondary N) is 1. The molecule has 1 fully saturated rings. The minimum atomic E-state index is -0.202. The van der Waals surface area contributed by atoms with E-state index in [2.05, 4.69) is 5.32 Å². The van der Waals surface area contributed by atoms with Crippen molar-refractivity contribution in [2.75, 3.05) is 20.3 Å². The topological polar surface area (TPSA) is 56.8 Å². The molecule has 5 nitrogen and oxygen atoms in total. The molecule has 1 aromatic rings. The van der Waals surface area contributed by atoms with Gasteiger partial charge in [-0.1, -0.05) is 11.6 Å². The van der Waals surface area contributed by atoms with Crippen LogP contribution in [-0.4, -0.2) is 38.4 Å². The second kappa shape index (κ2) is 7.70. The van der Waals surface area contributed by atoms with Crippen LogP contribution in [0.1, 0.15) is 37.0 Å². The lowest BCUT2D eigenvalue weighted by atomic mass is 10.1. The molecular formula is C16H22ClNO4. The predicted molar refractivity (Wildman–Crippen MR) is 85.1 cm³/mol. The lowest BCUT2D eigenvalue weighted by Gasteiger charge is -2.16. The number of ether oxygens (including phenoxy) is 3. The fourth-order valence-corrected chi connectivity index (χ4v) is 2.57. The zero-order valence-electron chi connectivity index (χ0n) is 13.1. The van der Waals surface area contributed by atoms with Gasteiger partial charge in [-0.05, 0) is 38.8 Å². The van der Waals surface area contributed by atoms with Crippen molar-refractivity contribution in [3.8, 4) is 11.5 Å². The summed E-state index contributed by atoms with van der Waals surface area (Å²) in [6, 6.07) is 3.22.